The molecule has 0 bridgehead atoms. The summed E-state index contributed by atoms with van der Waals surface area (Å²) in [4.78, 5) is 16.6. The quantitative estimate of drug-likeness (QED) is 0.389. The summed E-state index contributed by atoms with van der Waals surface area (Å²) in [7, 11) is 1.61. The normalized spacial score (nSPS) is 10.5. The number of carbonyl (C=O) groups excluding carboxylic acids is 1. The van der Waals surface area contributed by atoms with E-state index in [2.05, 4.69) is 20.5 Å². The Morgan fingerprint density at radius 2 is 1.91 bits per heavy atom. The maximum atomic E-state index is 12.5. The minimum absolute atomic E-state index is 0.0995. The van der Waals surface area contributed by atoms with Crippen LogP contribution in [0.15, 0.2) is 72.1 Å². The third-order valence-electron chi connectivity index (χ3n) is 4.61. The first kappa shape index (κ1) is 22.3. The summed E-state index contributed by atoms with van der Waals surface area (Å²) in [5.74, 6) is 1.22. The molecule has 0 aliphatic carbocycles. The highest BCUT2D eigenvalue weighted by Crippen LogP contribution is 2.29. The number of nitriles is 1. The largest absolute Gasteiger partial charge is 0.497 e. The average Bonchev–Trinajstić information content (AvgIpc) is 3.27. The molecular weight excluding hydrogens is 460 g/mol. The number of methoxy groups -OCH3 is 1. The highest BCUT2D eigenvalue weighted by atomic mass is 35.5. The molecule has 0 saturated carbocycles. The molecule has 2 aromatic carbocycles. The zero-order valence-electron chi connectivity index (χ0n) is 17.4. The minimum atomic E-state index is -0.240. The highest BCUT2D eigenvalue weighted by Gasteiger charge is 2.17. The molecule has 4 rings (SSSR count). The van der Waals surface area contributed by atoms with Gasteiger partial charge < -0.3 is 10.1 Å². The van der Waals surface area contributed by atoms with Gasteiger partial charge >= 0.3 is 0 Å². The Labute approximate surface area is 199 Å². The second-order valence-electron chi connectivity index (χ2n) is 6.72. The minimum Gasteiger partial charge on any atom is -0.497 e. The van der Waals surface area contributed by atoms with E-state index in [1.807, 2.05) is 47.0 Å². The van der Waals surface area contributed by atoms with Crippen LogP contribution < -0.4 is 10.1 Å². The average molecular weight is 477 g/mol. The zero-order valence-corrected chi connectivity index (χ0v) is 19.0. The van der Waals surface area contributed by atoms with E-state index in [0.29, 0.717) is 22.2 Å². The molecule has 0 fully saturated rings. The van der Waals surface area contributed by atoms with Crippen LogP contribution in [0.5, 0.6) is 5.75 Å². The zero-order chi connectivity index (χ0) is 23.2. The number of rotatable bonds is 7. The van der Waals surface area contributed by atoms with Crippen molar-refractivity contribution in [3.8, 4) is 28.9 Å². The molecule has 0 atom stereocenters. The standard InChI is InChI=1S/C23H17ClN6O2S/c1-32-19-6-4-18(5-7-19)30-22(15-8-10-26-11-9-15)28-29-23(30)33-14-21(31)27-17-3-2-16(13-25)20(24)12-17/h2-12H,14H2,1H3,(H,27,31). The van der Waals surface area contributed by atoms with Crippen LogP contribution in [0.4, 0.5) is 5.69 Å². The van der Waals surface area contributed by atoms with Gasteiger partial charge in [0.1, 0.15) is 11.8 Å². The van der Waals surface area contributed by atoms with E-state index in [1.54, 1.807) is 37.7 Å². The van der Waals surface area contributed by atoms with Crippen LogP contribution in [0.1, 0.15) is 5.56 Å². The van der Waals surface area contributed by atoms with Gasteiger partial charge in [-0.3, -0.25) is 14.3 Å². The molecule has 1 N–H and O–H groups in total. The molecule has 2 heterocycles. The van der Waals surface area contributed by atoms with Gasteiger partial charge in [-0.1, -0.05) is 23.4 Å². The van der Waals surface area contributed by atoms with Crippen LogP contribution in [0.3, 0.4) is 0 Å². The number of thioether (sulfide) groups is 1. The summed E-state index contributed by atoms with van der Waals surface area (Å²) >= 11 is 7.29. The van der Waals surface area contributed by atoms with Gasteiger partial charge in [0.15, 0.2) is 11.0 Å². The fourth-order valence-electron chi connectivity index (χ4n) is 3.03. The van der Waals surface area contributed by atoms with Crippen molar-refractivity contribution in [2.24, 2.45) is 0 Å². The van der Waals surface area contributed by atoms with Crippen LogP contribution >= 0.6 is 23.4 Å². The number of amides is 1. The molecule has 164 valence electrons. The Balaban J connectivity index is 1.57. The van der Waals surface area contributed by atoms with Crippen molar-refractivity contribution in [3.63, 3.8) is 0 Å². The van der Waals surface area contributed by atoms with Crippen molar-refractivity contribution in [2.45, 2.75) is 5.16 Å². The van der Waals surface area contributed by atoms with Crippen molar-refractivity contribution in [1.29, 1.82) is 5.26 Å². The molecule has 0 unspecified atom stereocenters. The molecule has 10 heteroatoms. The predicted octanol–water partition coefficient (Wildman–Crippen LogP) is 4.59. The monoisotopic (exact) mass is 476 g/mol. The molecule has 1 amide bonds. The van der Waals surface area contributed by atoms with Crippen LogP contribution in [0.2, 0.25) is 5.02 Å². The number of aromatic nitrogens is 4. The molecule has 0 aliphatic heterocycles. The topological polar surface area (TPSA) is 106 Å². The number of hydrogen-bond donors (Lipinski definition) is 1. The van der Waals surface area contributed by atoms with Gasteiger partial charge in [-0.05, 0) is 54.6 Å². The van der Waals surface area contributed by atoms with E-state index in [9.17, 15) is 4.79 Å². The summed E-state index contributed by atoms with van der Waals surface area (Å²) in [6, 6.07) is 17.9. The first-order valence-electron chi connectivity index (χ1n) is 9.71. The lowest BCUT2D eigenvalue weighted by Gasteiger charge is -2.11. The Kier molecular flexibility index (Phi) is 6.88. The molecule has 8 nitrogen and oxygen atoms in total. The van der Waals surface area contributed by atoms with Crippen LogP contribution in [0.25, 0.3) is 17.1 Å². The molecule has 0 saturated heterocycles. The fraction of sp³-hybridized carbons (Fsp3) is 0.0870. The summed E-state index contributed by atoms with van der Waals surface area (Å²) in [5, 5.41) is 21.3. The molecule has 0 radical (unpaired) electrons. The van der Waals surface area contributed by atoms with Gasteiger partial charge in [-0.25, -0.2) is 0 Å². The maximum absolute atomic E-state index is 12.5. The smallest absolute Gasteiger partial charge is 0.234 e. The highest BCUT2D eigenvalue weighted by molar-refractivity contribution is 7.99. The number of halogens is 1. The second-order valence-corrected chi connectivity index (χ2v) is 8.07. The van der Waals surface area contributed by atoms with Crippen LogP contribution in [-0.4, -0.2) is 38.5 Å². The summed E-state index contributed by atoms with van der Waals surface area (Å²) in [5.41, 5.74) is 2.53. The number of pyridine rings is 1. The second kappa shape index (κ2) is 10.2. The van der Waals surface area contributed by atoms with Crippen molar-refractivity contribution >= 4 is 35.0 Å². The fourth-order valence-corrected chi connectivity index (χ4v) is 4.00. The molecule has 33 heavy (non-hydrogen) atoms. The summed E-state index contributed by atoms with van der Waals surface area (Å²) < 4.78 is 7.14. The van der Waals surface area contributed by atoms with E-state index >= 15 is 0 Å². The SMILES string of the molecule is COc1ccc(-n2c(SCC(=O)Nc3ccc(C#N)c(Cl)c3)nnc2-c2ccncc2)cc1. The van der Waals surface area contributed by atoms with E-state index in [4.69, 9.17) is 21.6 Å². The molecule has 0 spiro atoms. The Bertz CT molecular complexity index is 1320. The van der Waals surface area contributed by atoms with E-state index in [1.165, 1.54) is 11.8 Å². The number of anilines is 1. The number of carbonyl (C=O) groups is 1. The van der Waals surface area contributed by atoms with Gasteiger partial charge in [-0.15, -0.1) is 10.2 Å². The van der Waals surface area contributed by atoms with E-state index < -0.39 is 0 Å². The van der Waals surface area contributed by atoms with Gasteiger partial charge in [-0.2, -0.15) is 5.26 Å². The third-order valence-corrected chi connectivity index (χ3v) is 5.85. The lowest BCUT2D eigenvalue weighted by atomic mass is 10.2. The van der Waals surface area contributed by atoms with E-state index in [0.717, 1.165) is 17.0 Å². The van der Waals surface area contributed by atoms with Crippen molar-refractivity contribution in [1.82, 2.24) is 19.7 Å². The lowest BCUT2D eigenvalue weighted by molar-refractivity contribution is -0.113. The van der Waals surface area contributed by atoms with Crippen LogP contribution in [-0.2, 0) is 4.79 Å². The number of ether oxygens (including phenoxy) is 1. The molecule has 0 aliphatic rings. The van der Waals surface area contributed by atoms with Gasteiger partial charge in [0.2, 0.25) is 5.91 Å². The first-order chi connectivity index (χ1) is 16.1. The van der Waals surface area contributed by atoms with Crippen molar-refractivity contribution in [2.75, 3.05) is 18.2 Å². The van der Waals surface area contributed by atoms with Crippen LogP contribution in [0, 0.1) is 11.3 Å². The Morgan fingerprint density at radius 1 is 1.15 bits per heavy atom. The number of hydrogen-bond acceptors (Lipinski definition) is 7. The van der Waals surface area contributed by atoms with Gasteiger partial charge in [0.25, 0.3) is 0 Å². The van der Waals surface area contributed by atoms with Gasteiger partial charge in [0, 0.05) is 29.3 Å². The molecule has 4 aromatic rings. The maximum Gasteiger partial charge on any atom is 0.234 e. The number of benzene rings is 2. The number of nitrogens with zero attached hydrogens (tertiary/aromatic N) is 5. The third kappa shape index (κ3) is 5.14. The first-order valence-corrected chi connectivity index (χ1v) is 11.1. The predicted molar refractivity (Wildman–Crippen MR) is 127 cm³/mol. The molecule has 2 aromatic heterocycles. The number of nitrogens with one attached hydrogen (secondary N) is 1. The van der Waals surface area contributed by atoms with E-state index in [-0.39, 0.29) is 16.7 Å². The lowest BCUT2D eigenvalue weighted by Crippen LogP contribution is -2.14. The summed E-state index contributed by atoms with van der Waals surface area (Å²) in [6.07, 6.45) is 3.37. The Morgan fingerprint density at radius 3 is 2.58 bits per heavy atom. The van der Waals surface area contributed by atoms with Crippen molar-refractivity contribution in [3.05, 3.63) is 77.6 Å². The summed E-state index contributed by atoms with van der Waals surface area (Å²) in [6.45, 7) is 0. The van der Waals surface area contributed by atoms with Gasteiger partial charge in [0.05, 0.1) is 23.4 Å². The Hall–Kier alpha value is -3.87. The molecular formula is C23H17ClN6O2S. The van der Waals surface area contributed by atoms with Crippen molar-refractivity contribution < 1.29 is 9.53 Å².